The molecule has 1 amide bonds. The average Bonchev–Trinajstić information content (AvgIpc) is 3.18. The SMILES string of the molecule is O=C(CC1CCOC2(CCN(Cc3cncs3)CC2)C1)N1CCOCC1. The van der Waals surface area contributed by atoms with Gasteiger partial charge in [-0.25, -0.2) is 0 Å². The number of hydrogen-bond donors (Lipinski definition) is 0. The van der Waals surface area contributed by atoms with E-state index < -0.39 is 0 Å². The lowest BCUT2D eigenvalue weighted by Crippen LogP contribution is -2.50. The minimum Gasteiger partial charge on any atom is -0.378 e. The normalized spacial score (nSPS) is 26.9. The van der Waals surface area contributed by atoms with E-state index in [2.05, 4.69) is 9.88 Å². The fourth-order valence-electron chi connectivity index (χ4n) is 4.50. The predicted molar refractivity (Wildman–Crippen MR) is 100 cm³/mol. The first-order valence-corrected chi connectivity index (χ1v) is 10.7. The van der Waals surface area contributed by atoms with Gasteiger partial charge in [-0.05, 0) is 31.6 Å². The van der Waals surface area contributed by atoms with Crippen LogP contribution in [0, 0.1) is 5.92 Å². The minimum atomic E-state index is -0.00158. The Morgan fingerprint density at radius 3 is 2.77 bits per heavy atom. The van der Waals surface area contributed by atoms with Crippen molar-refractivity contribution < 1.29 is 14.3 Å². The van der Waals surface area contributed by atoms with Crippen LogP contribution >= 0.6 is 11.3 Å². The Kier molecular flexibility index (Phi) is 5.88. The molecular weight excluding hydrogens is 350 g/mol. The average molecular weight is 380 g/mol. The molecule has 1 aromatic rings. The highest BCUT2D eigenvalue weighted by Gasteiger charge is 2.41. The molecular formula is C19H29N3O3S. The van der Waals surface area contributed by atoms with Crippen LogP contribution in [-0.2, 0) is 20.8 Å². The lowest BCUT2D eigenvalue weighted by atomic mass is 9.78. The van der Waals surface area contributed by atoms with E-state index in [1.165, 1.54) is 4.88 Å². The second-order valence-corrected chi connectivity index (χ2v) is 8.80. The molecule has 0 aromatic carbocycles. The smallest absolute Gasteiger partial charge is 0.223 e. The van der Waals surface area contributed by atoms with Crippen molar-refractivity contribution in [3.05, 3.63) is 16.6 Å². The Morgan fingerprint density at radius 2 is 2.04 bits per heavy atom. The molecule has 3 aliphatic rings. The van der Waals surface area contributed by atoms with Gasteiger partial charge < -0.3 is 14.4 Å². The summed E-state index contributed by atoms with van der Waals surface area (Å²) in [7, 11) is 0. The molecule has 3 aliphatic heterocycles. The molecule has 0 saturated carbocycles. The van der Waals surface area contributed by atoms with Gasteiger partial charge in [-0.2, -0.15) is 0 Å². The van der Waals surface area contributed by atoms with Crippen LogP contribution in [0.5, 0.6) is 0 Å². The van der Waals surface area contributed by atoms with Crippen LogP contribution in [0.4, 0.5) is 0 Å². The highest BCUT2D eigenvalue weighted by atomic mass is 32.1. The highest BCUT2D eigenvalue weighted by Crippen LogP contribution is 2.39. The van der Waals surface area contributed by atoms with Gasteiger partial charge in [0.1, 0.15) is 0 Å². The largest absolute Gasteiger partial charge is 0.378 e. The Morgan fingerprint density at radius 1 is 1.23 bits per heavy atom. The predicted octanol–water partition coefficient (Wildman–Crippen LogP) is 2.15. The summed E-state index contributed by atoms with van der Waals surface area (Å²) in [4.78, 5) is 22.6. The molecule has 7 heteroatoms. The summed E-state index contributed by atoms with van der Waals surface area (Å²) in [6.45, 7) is 6.80. The van der Waals surface area contributed by atoms with Gasteiger partial charge in [0.2, 0.25) is 5.91 Å². The third kappa shape index (κ3) is 4.44. The monoisotopic (exact) mass is 379 g/mol. The van der Waals surface area contributed by atoms with Crippen LogP contribution in [0.1, 0.15) is 37.0 Å². The fourth-order valence-corrected chi connectivity index (χ4v) is 5.14. The second kappa shape index (κ2) is 8.33. The minimum absolute atomic E-state index is 0.00158. The quantitative estimate of drug-likeness (QED) is 0.802. The molecule has 1 unspecified atom stereocenters. The van der Waals surface area contributed by atoms with E-state index in [0.717, 1.165) is 65.0 Å². The Hall–Kier alpha value is -1.02. The van der Waals surface area contributed by atoms with Crippen molar-refractivity contribution in [2.75, 3.05) is 46.0 Å². The first-order chi connectivity index (χ1) is 12.7. The Labute approximate surface area is 159 Å². The van der Waals surface area contributed by atoms with Crippen molar-refractivity contribution in [2.45, 2.75) is 44.2 Å². The summed E-state index contributed by atoms with van der Waals surface area (Å²) in [6, 6.07) is 0. The summed E-state index contributed by atoms with van der Waals surface area (Å²) < 4.78 is 11.6. The molecule has 1 spiro atoms. The highest BCUT2D eigenvalue weighted by molar-refractivity contribution is 7.09. The van der Waals surface area contributed by atoms with Gasteiger partial charge in [-0.3, -0.25) is 14.7 Å². The fraction of sp³-hybridized carbons (Fsp3) is 0.789. The summed E-state index contributed by atoms with van der Waals surface area (Å²) in [5, 5.41) is 0. The zero-order chi connectivity index (χ0) is 17.8. The first-order valence-electron chi connectivity index (χ1n) is 9.82. The van der Waals surface area contributed by atoms with Gasteiger partial charge in [0.25, 0.3) is 0 Å². The number of ether oxygens (including phenoxy) is 2. The molecule has 4 heterocycles. The first kappa shape index (κ1) is 18.3. The van der Waals surface area contributed by atoms with E-state index in [1.54, 1.807) is 11.3 Å². The molecule has 1 aromatic heterocycles. The molecule has 26 heavy (non-hydrogen) atoms. The maximum absolute atomic E-state index is 12.6. The van der Waals surface area contributed by atoms with Gasteiger partial charge in [-0.15, -0.1) is 11.3 Å². The number of aromatic nitrogens is 1. The number of nitrogens with zero attached hydrogens (tertiary/aromatic N) is 3. The molecule has 3 saturated heterocycles. The number of hydrogen-bond acceptors (Lipinski definition) is 6. The maximum Gasteiger partial charge on any atom is 0.223 e. The van der Waals surface area contributed by atoms with E-state index >= 15 is 0 Å². The number of carbonyl (C=O) groups is 1. The van der Waals surface area contributed by atoms with Crippen molar-refractivity contribution in [1.29, 1.82) is 0 Å². The topological polar surface area (TPSA) is 54.9 Å². The number of likely N-dealkylation sites (tertiary alicyclic amines) is 1. The van der Waals surface area contributed by atoms with Crippen LogP contribution in [-0.4, -0.2) is 72.3 Å². The third-order valence-electron chi connectivity index (χ3n) is 6.05. The van der Waals surface area contributed by atoms with Gasteiger partial charge in [0, 0.05) is 56.8 Å². The molecule has 0 aliphatic carbocycles. The number of amides is 1. The van der Waals surface area contributed by atoms with E-state index in [1.807, 2.05) is 16.6 Å². The standard InChI is InChI=1S/C19H29N3O3S/c23-18(22-6-9-24-10-7-22)11-16-1-8-25-19(12-16)2-4-21(5-3-19)14-17-13-20-15-26-17/h13,15-16H,1-12,14H2. The summed E-state index contributed by atoms with van der Waals surface area (Å²) >= 11 is 1.73. The van der Waals surface area contributed by atoms with E-state index in [4.69, 9.17) is 9.47 Å². The molecule has 1 atom stereocenters. The third-order valence-corrected chi connectivity index (χ3v) is 6.82. The Bertz CT molecular complexity index is 581. The van der Waals surface area contributed by atoms with E-state index in [9.17, 15) is 4.79 Å². The molecule has 0 bridgehead atoms. The number of rotatable bonds is 4. The summed E-state index contributed by atoms with van der Waals surface area (Å²) in [5.41, 5.74) is 1.90. The molecule has 6 nitrogen and oxygen atoms in total. The van der Waals surface area contributed by atoms with Crippen LogP contribution < -0.4 is 0 Å². The molecule has 4 rings (SSSR count). The van der Waals surface area contributed by atoms with Gasteiger partial charge in [-0.1, -0.05) is 0 Å². The number of thiazole rings is 1. The van der Waals surface area contributed by atoms with E-state index in [0.29, 0.717) is 31.5 Å². The van der Waals surface area contributed by atoms with Gasteiger partial charge in [0.05, 0.1) is 24.3 Å². The van der Waals surface area contributed by atoms with Crippen molar-refractivity contribution in [3.63, 3.8) is 0 Å². The van der Waals surface area contributed by atoms with Gasteiger partial charge >= 0.3 is 0 Å². The lowest BCUT2D eigenvalue weighted by molar-refractivity contribution is -0.145. The van der Waals surface area contributed by atoms with E-state index in [-0.39, 0.29) is 5.60 Å². The van der Waals surface area contributed by atoms with Crippen LogP contribution in [0.15, 0.2) is 11.7 Å². The summed E-state index contributed by atoms with van der Waals surface area (Å²) in [6.07, 6.45) is 6.86. The molecule has 0 radical (unpaired) electrons. The lowest BCUT2D eigenvalue weighted by Gasteiger charge is -2.46. The second-order valence-electron chi connectivity index (χ2n) is 7.83. The van der Waals surface area contributed by atoms with Crippen LogP contribution in [0.3, 0.4) is 0 Å². The van der Waals surface area contributed by atoms with Crippen molar-refractivity contribution in [3.8, 4) is 0 Å². The maximum atomic E-state index is 12.6. The van der Waals surface area contributed by atoms with Crippen LogP contribution in [0.25, 0.3) is 0 Å². The van der Waals surface area contributed by atoms with Gasteiger partial charge in [0.15, 0.2) is 0 Å². The van der Waals surface area contributed by atoms with Crippen molar-refractivity contribution >= 4 is 17.2 Å². The Balaban J connectivity index is 1.27. The number of morpholine rings is 1. The zero-order valence-corrected chi connectivity index (χ0v) is 16.2. The molecule has 3 fully saturated rings. The number of carbonyl (C=O) groups excluding carboxylic acids is 1. The summed E-state index contributed by atoms with van der Waals surface area (Å²) in [5.74, 6) is 0.769. The molecule has 0 N–H and O–H groups in total. The molecule has 144 valence electrons. The van der Waals surface area contributed by atoms with Crippen LogP contribution in [0.2, 0.25) is 0 Å². The zero-order valence-electron chi connectivity index (χ0n) is 15.4. The van der Waals surface area contributed by atoms with Crippen molar-refractivity contribution in [1.82, 2.24) is 14.8 Å². The number of piperidine rings is 1. The van der Waals surface area contributed by atoms with Crippen molar-refractivity contribution in [2.24, 2.45) is 5.92 Å².